The molecule has 3 heteroatoms. The highest BCUT2D eigenvalue weighted by atomic mass is 16.5. The molecule has 2 N–H and O–H groups in total. The van der Waals surface area contributed by atoms with Crippen LogP contribution in [-0.2, 0) is 12.8 Å². The average Bonchev–Trinajstić information content (AvgIpc) is 2.52. The van der Waals surface area contributed by atoms with Crippen molar-refractivity contribution in [3.05, 3.63) is 59.2 Å². The van der Waals surface area contributed by atoms with E-state index in [0.29, 0.717) is 11.4 Å². The zero-order valence-corrected chi connectivity index (χ0v) is 12.6. The molecule has 0 saturated carbocycles. The van der Waals surface area contributed by atoms with Gasteiger partial charge in [0.05, 0.1) is 0 Å². The maximum atomic E-state index is 12.4. The molecule has 3 nitrogen and oxygen atoms in total. The SMILES string of the molecule is CCc1ccc(CC)c(C(=O)COc2cccc(N)c2)c1. The fourth-order valence-corrected chi connectivity index (χ4v) is 2.24. The van der Waals surface area contributed by atoms with Crippen LogP contribution < -0.4 is 10.5 Å². The van der Waals surface area contributed by atoms with Crippen molar-refractivity contribution in [3.63, 3.8) is 0 Å². The summed E-state index contributed by atoms with van der Waals surface area (Å²) < 4.78 is 5.55. The van der Waals surface area contributed by atoms with Gasteiger partial charge in [0.1, 0.15) is 5.75 Å². The summed E-state index contributed by atoms with van der Waals surface area (Å²) in [4.78, 5) is 12.4. The van der Waals surface area contributed by atoms with Gasteiger partial charge in [0.25, 0.3) is 0 Å². The Balaban J connectivity index is 2.12. The monoisotopic (exact) mass is 283 g/mol. The lowest BCUT2D eigenvalue weighted by Crippen LogP contribution is -2.14. The lowest BCUT2D eigenvalue weighted by Gasteiger charge is -2.10. The molecule has 0 atom stereocenters. The fourth-order valence-electron chi connectivity index (χ4n) is 2.24. The Kier molecular flexibility index (Phi) is 4.99. The summed E-state index contributed by atoms with van der Waals surface area (Å²) in [5, 5.41) is 0. The summed E-state index contributed by atoms with van der Waals surface area (Å²) in [5.74, 6) is 0.623. The van der Waals surface area contributed by atoms with Gasteiger partial charge >= 0.3 is 0 Å². The van der Waals surface area contributed by atoms with Crippen LogP contribution in [0.3, 0.4) is 0 Å². The van der Waals surface area contributed by atoms with Crippen molar-refractivity contribution in [1.29, 1.82) is 0 Å². The smallest absolute Gasteiger partial charge is 0.200 e. The summed E-state index contributed by atoms with van der Waals surface area (Å²) in [6, 6.07) is 13.2. The number of hydrogen-bond donors (Lipinski definition) is 1. The molecule has 0 aliphatic heterocycles. The molecular formula is C18H21NO2. The maximum Gasteiger partial charge on any atom is 0.200 e. The zero-order valence-electron chi connectivity index (χ0n) is 12.6. The first-order chi connectivity index (χ1) is 10.1. The van der Waals surface area contributed by atoms with Crippen LogP contribution in [0.5, 0.6) is 5.75 Å². The van der Waals surface area contributed by atoms with Crippen LogP contribution in [0.2, 0.25) is 0 Å². The summed E-state index contributed by atoms with van der Waals surface area (Å²) in [6.45, 7) is 4.17. The molecule has 2 aromatic carbocycles. The van der Waals surface area contributed by atoms with Crippen molar-refractivity contribution in [2.45, 2.75) is 26.7 Å². The second-order valence-electron chi connectivity index (χ2n) is 4.98. The van der Waals surface area contributed by atoms with Gasteiger partial charge in [-0.15, -0.1) is 0 Å². The predicted molar refractivity (Wildman–Crippen MR) is 85.9 cm³/mol. The van der Waals surface area contributed by atoms with Crippen molar-refractivity contribution >= 4 is 11.5 Å². The number of nitrogen functional groups attached to an aromatic ring is 1. The van der Waals surface area contributed by atoms with Gasteiger partial charge in [-0.05, 0) is 42.2 Å². The molecule has 0 radical (unpaired) electrons. The van der Waals surface area contributed by atoms with Crippen molar-refractivity contribution in [2.75, 3.05) is 12.3 Å². The number of nitrogens with two attached hydrogens (primary N) is 1. The van der Waals surface area contributed by atoms with Gasteiger partial charge in [0, 0.05) is 17.3 Å². The van der Waals surface area contributed by atoms with E-state index in [1.54, 1.807) is 18.2 Å². The molecule has 0 unspecified atom stereocenters. The Hall–Kier alpha value is -2.29. The zero-order chi connectivity index (χ0) is 15.2. The van der Waals surface area contributed by atoms with Crippen LogP contribution in [0.15, 0.2) is 42.5 Å². The van der Waals surface area contributed by atoms with Crippen LogP contribution in [0.4, 0.5) is 5.69 Å². The first kappa shape index (κ1) is 15.1. The molecule has 21 heavy (non-hydrogen) atoms. The number of rotatable bonds is 6. The number of Topliss-reactive ketones (excluding diaryl/α,β-unsaturated/α-hetero) is 1. The molecule has 0 saturated heterocycles. The van der Waals surface area contributed by atoms with Crippen LogP contribution in [0, 0.1) is 0 Å². The van der Waals surface area contributed by atoms with E-state index < -0.39 is 0 Å². The summed E-state index contributed by atoms with van der Waals surface area (Å²) in [6.07, 6.45) is 1.75. The number of benzene rings is 2. The first-order valence-corrected chi connectivity index (χ1v) is 7.27. The minimum atomic E-state index is 0.00424. The molecule has 0 aliphatic carbocycles. The third kappa shape index (κ3) is 3.85. The summed E-state index contributed by atoms with van der Waals surface area (Å²) in [5.41, 5.74) is 9.32. The quantitative estimate of drug-likeness (QED) is 0.650. The largest absolute Gasteiger partial charge is 0.485 e. The number of ether oxygens (including phenoxy) is 1. The van der Waals surface area contributed by atoms with Crippen molar-refractivity contribution < 1.29 is 9.53 Å². The molecule has 0 amide bonds. The molecular weight excluding hydrogens is 262 g/mol. The minimum absolute atomic E-state index is 0.00424. The third-order valence-corrected chi connectivity index (χ3v) is 3.49. The van der Waals surface area contributed by atoms with Crippen molar-refractivity contribution in [2.24, 2.45) is 0 Å². The number of ketones is 1. The number of hydrogen-bond acceptors (Lipinski definition) is 3. The normalized spacial score (nSPS) is 10.4. The van der Waals surface area contributed by atoms with E-state index in [1.807, 2.05) is 18.2 Å². The molecule has 0 fully saturated rings. The molecule has 2 rings (SSSR count). The van der Waals surface area contributed by atoms with Crippen LogP contribution in [-0.4, -0.2) is 12.4 Å². The van der Waals surface area contributed by atoms with Gasteiger partial charge in [-0.1, -0.05) is 32.0 Å². The van der Waals surface area contributed by atoms with Gasteiger partial charge in [0.2, 0.25) is 0 Å². The molecule has 0 aliphatic rings. The molecule has 110 valence electrons. The Morgan fingerprint density at radius 1 is 1.10 bits per heavy atom. The lowest BCUT2D eigenvalue weighted by molar-refractivity contribution is 0.0920. The van der Waals surface area contributed by atoms with Crippen molar-refractivity contribution in [1.82, 2.24) is 0 Å². The van der Waals surface area contributed by atoms with Gasteiger partial charge in [-0.3, -0.25) is 4.79 Å². The summed E-state index contributed by atoms with van der Waals surface area (Å²) in [7, 11) is 0. The van der Waals surface area contributed by atoms with E-state index in [0.717, 1.165) is 24.0 Å². The highest BCUT2D eigenvalue weighted by molar-refractivity contribution is 5.98. The molecule has 0 spiro atoms. The number of carbonyl (C=O) groups is 1. The van der Waals surface area contributed by atoms with E-state index >= 15 is 0 Å². The second kappa shape index (κ2) is 6.93. The Morgan fingerprint density at radius 2 is 1.90 bits per heavy atom. The lowest BCUT2D eigenvalue weighted by atomic mass is 9.98. The Labute approximate surface area is 125 Å². The van der Waals surface area contributed by atoms with Gasteiger partial charge in [-0.2, -0.15) is 0 Å². The molecule has 0 bridgehead atoms. The Bertz CT molecular complexity index is 635. The van der Waals surface area contributed by atoms with E-state index in [1.165, 1.54) is 5.56 Å². The molecule has 2 aromatic rings. The third-order valence-electron chi connectivity index (χ3n) is 3.49. The second-order valence-corrected chi connectivity index (χ2v) is 4.98. The first-order valence-electron chi connectivity index (χ1n) is 7.27. The van der Waals surface area contributed by atoms with E-state index in [2.05, 4.69) is 19.9 Å². The standard InChI is InChI=1S/C18H21NO2/c1-3-13-8-9-14(4-2)17(10-13)18(20)12-21-16-7-5-6-15(19)11-16/h5-11H,3-4,12,19H2,1-2H3. The van der Waals surface area contributed by atoms with E-state index in [9.17, 15) is 4.79 Å². The minimum Gasteiger partial charge on any atom is -0.485 e. The van der Waals surface area contributed by atoms with E-state index in [4.69, 9.17) is 10.5 Å². The van der Waals surface area contributed by atoms with E-state index in [-0.39, 0.29) is 12.4 Å². The molecule has 0 heterocycles. The predicted octanol–water partition coefficient (Wildman–Crippen LogP) is 3.66. The molecule has 0 aromatic heterocycles. The number of anilines is 1. The maximum absolute atomic E-state index is 12.4. The summed E-state index contributed by atoms with van der Waals surface area (Å²) >= 11 is 0. The van der Waals surface area contributed by atoms with Crippen LogP contribution in [0.25, 0.3) is 0 Å². The topological polar surface area (TPSA) is 52.3 Å². The van der Waals surface area contributed by atoms with Crippen LogP contribution >= 0.6 is 0 Å². The van der Waals surface area contributed by atoms with Gasteiger partial charge < -0.3 is 10.5 Å². The van der Waals surface area contributed by atoms with Crippen molar-refractivity contribution in [3.8, 4) is 5.75 Å². The number of aryl methyl sites for hydroxylation is 2. The van der Waals surface area contributed by atoms with Crippen LogP contribution in [0.1, 0.15) is 35.3 Å². The number of carbonyl (C=O) groups excluding carboxylic acids is 1. The highest BCUT2D eigenvalue weighted by Gasteiger charge is 2.12. The van der Waals surface area contributed by atoms with Gasteiger partial charge in [-0.25, -0.2) is 0 Å². The fraction of sp³-hybridized carbons (Fsp3) is 0.278. The van der Waals surface area contributed by atoms with Gasteiger partial charge in [0.15, 0.2) is 12.4 Å². The highest BCUT2D eigenvalue weighted by Crippen LogP contribution is 2.17. The average molecular weight is 283 g/mol. The Morgan fingerprint density at radius 3 is 2.57 bits per heavy atom.